The van der Waals surface area contributed by atoms with Gasteiger partial charge in [-0.15, -0.1) is 0 Å². The number of benzene rings is 3. The van der Waals surface area contributed by atoms with Crippen molar-refractivity contribution in [1.29, 1.82) is 0 Å². The molecule has 3 amide bonds. The number of amides is 3. The van der Waals surface area contributed by atoms with E-state index in [0.29, 0.717) is 43.6 Å². The highest BCUT2D eigenvalue weighted by atomic mass is 16.6. The van der Waals surface area contributed by atoms with Crippen LogP contribution in [0.5, 0.6) is 5.75 Å². The summed E-state index contributed by atoms with van der Waals surface area (Å²) in [5, 5.41) is 24.5. The Balaban J connectivity index is 1.33. The van der Waals surface area contributed by atoms with Crippen LogP contribution < -0.4 is 10.1 Å². The Morgan fingerprint density at radius 2 is 1.71 bits per heavy atom. The third-order valence-corrected chi connectivity index (χ3v) is 7.16. The predicted molar refractivity (Wildman–Crippen MR) is 167 cm³/mol. The summed E-state index contributed by atoms with van der Waals surface area (Å²) in [4.78, 5) is 52.0. The van der Waals surface area contributed by atoms with Crippen LogP contribution in [-0.2, 0) is 16.0 Å². The van der Waals surface area contributed by atoms with Gasteiger partial charge in [-0.25, -0.2) is 9.59 Å². The van der Waals surface area contributed by atoms with Crippen molar-refractivity contribution in [3.63, 3.8) is 0 Å². The summed E-state index contributed by atoms with van der Waals surface area (Å²) in [6, 6.07) is 20.7. The second kappa shape index (κ2) is 14.7. The minimum Gasteiger partial charge on any atom is -0.444 e. The second-order valence-electron chi connectivity index (χ2n) is 11.8. The molecule has 0 unspecified atom stereocenters. The van der Waals surface area contributed by atoms with Crippen LogP contribution in [0.1, 0.15) is 50.8 Å². The Labute approximate surface area is 261 Å². The number of carbonyl (C=O) groups excluding carboxylic acids is 3. The number of anilines is 1. The molecule has 0 aliphatic carbocycles. The van der Waals surface area contributed by atoms with Gasteiger partial charge >= 0.3 is 12.2 Å². The van der Waals surface area contributed by atoms with E-state index in [1.165, 1.54) is 34.1 Å². The first kappa shape index (κ1) is 32.9. The zero-order valence-electron chi connectivity index (χ0n) is 25.5. The van der Waals surface area contributed by atoms with Crippen molar-refractivity contribution in [3.05, 3.63) is 100 Å². The minimum atomic E-state index is -0.877. The Hall–Kier alpha value is -4.97. The largest absolute Gasteiger partial charge is 0.444 e. The molecule has 0 saturated carbocycles. The highest BCUT2D eigenvalue weighted by molar-refractivity contribution is 5.97. The number of rotatable bonds is 10. The molecular weight excluding hydrogens is 580 g/mol. The summed E-state index contributed by atoms with van der Waals surface area (Å²) in [6.07, 6.45) is -0.523. The molecule has 0 bridgehead atoms. The van der Waals surface area contributed by atoms with Crippen molar-refractivity contribution < 1.29 is 33.9 Å². The summed E-state index contributed by atoms with van der Waals surface area (Å²) in [7, 11) is 0. The zero-order chi connectivity index (χ0) is 32.6. The van der Waals surface area contributed by atoms with Crippen molar-refractivity contribution >= 4 is 29.5 Å². The lowest BCUT2D eigenvalue weighted by molar-refractivity contribution is -0.384. The first-order valence-corrected chi connectivity index (χ1v) is 14.7. The number of aliphatic hydroxyl groups excluding tert-OH is 1. The van der Waals surface area contributed by atoms with Crippen molar-refractivity contribution in [2.75, 3.05) is 25.0 Å². The number of aliphatic hydroxyl groups is 1. The predicted octanol–water partition coefficient (Wildman–Crippen LogP) is 5.71. The number of hydrogen-bond acceptors (Lipinski definition) is 8. The normalized spacial score (nSPS) is 15.2. The average Bonchev–Trinajstić information content (AvgIpc) is 3.50. The fourth-order valence-corrected chi connectivity index (χ4v) is 4.87. The molecule has 1 heterocycles. The molecule has 45 heavy (non-hydrogen) atoms. The van der Waals surface area contributed by atoms with Gasteiger partial charge < -0.3 is 24.8 Å². The lowest BCUT2D eigenvalue weighted by Crippen LogP contribution is -2.44. The smallest absolute Gasteiger partial charge is 0.415 e. The van der Waals surface area contributed by atoms with E-state index >= 15 is 0 Å². The van der Waals surface area contributed by atoms with Crippen molar-refractivity contribution in [2.24, 2.45) is 0 Å². The van der Waals surface area contributed by atoms with E-state index < -0.39 is 34.9 Å². The van der Waals surface area contributed by atoms with Gasteiger partial charge in [-0.3, -0.25) is 19.8 Å². The van der Waals surface area contributed by atoms with Gasteiger partial charge in [0.15, 0.2) is 0 Å². The lowest BCUT2D eigenvalue weighted by atomic mass is 10.1. The van der Waals surface area contributed by atoms with E-state index in [1.807, 2.05) is 30.3 Å². The molecule has 1 aliphatic heterocycles. The molecule has 3 aromatic carbocycles. The third kappa shape index (κ3) is 9.51. The second-order valence-corrected chi connectivity index (χ2v) is 11.8. The molecule has 12 nitrogen and oxygen atoms in total. The van der Waals surface area contributed by atoms with Crippen molar-refractivity contribution in [3.8, 4) is 5.75 Å². The van der Waals surface area contributed by atoms with Gasteiger partial charge in [-0.2, -0.15) is 0 Å². The highest BCUT2D eigenvalue weighted by Crippen LogP contribution is 2.24. The number of nitrogens with zero attached hydrogens (tertiary/aromatic N) is 3. The molecule has 1 saturated heterocycles. The molecule has 0 radical (unpaired) electrons. The van der Waals surface area contributed by atoms with Crippen LogP contribution in [-0.4, -0.2) is 69.2 Å². The van der Waals surface area contributed by atoms with E-state index in [4.69, 9.17) is 9.47 Å². The number of nitro benzene ring substituents is 1. The fraction of sp³-hybridized carbons (Fsp3) is 0.364. The Morgan fingerprint density at radius 3 is 2.33 bits per heavy atom. The van der Waals surface area contributed by atoms with Gasteiger partial charge in [-0.05, 0) is 75.4 Å². The molecule has 2 atom stereocenters. The summed E-state index contributed by atoms with van der Waals surface area (Å²) >= 11 is 0. The molecular formula is C33H38N4O8. The Bertz CT molecular complexity index is 1470. The van der Waals surface area contributed by atoms with Gasteiger partial charge in [0.2, 0.25) is 5.91 Å². The van der Waals surface area contributed by atoms with E-state index in [2.05, 4.69) is 5.32 Å². The number of non-ortho nitro benzene ring substituents is 1. The SMILES string of the molecule is CC(C)(C)OC(=O)N(CCc1ccc(NC(=O)[C@@H]2CCCN2C(=O)Oc2ccc([N+](=O)[O-])cc2)cc1)C[C@H](O)c1ccccc1. The van der Waals surface area contributed by atoms with Crippen LogP contribution in [0, 0.1) is 10.1 Å². The quantitative estimate of drug-likeness (QED) is 0.217. The maximum absolute atomic E-state index is 13.1. The number of carbonyl (C=O) groups is 3. The molecule has 12 heteroatoms. The lowest BCUT2D eigenvalue weighted by Gasteiger charge is -2.29. The summed E-state index contributed by atoms with van der Waals surface area (Å²) in [5.74, 6) is -0.209. The molecule has 3 aromatic rings. The number of ether oxygens (including phenoxy) is 2. The van der Waals surface area contributed by atoms with Crippen LogP contribution in [0.4, 0.5) is 21.0 Å². The van der Waals surface area contributed by atoms with Gasteiger partial charge in [-0.1, -0.05) is 42.5 Å². The monoisotopic (exact) mass is 618 g/mol. The van der Waals surface area contributed by atoms with Crippen LogP contribution in [0.25, 0.3) is 0 Å². The van der Waals surface area contributed by atoms with Crippen LogP contribution in [0.15, 0.2) is 78.9 Å². The topological polar surface area (TPSA) is 152 Å². The van der Waals surface area contributed by atoms with Crippen molar-refractivity contribution in [1.82, 2.24) is 9.80 Å². The highest BCUT2D eigenvalue weighted by Gasteiger charge is 2.35. The maximum Gasteiger partial charge on any atom is 0.415 e. The van der Waals surface area contributed by atoms with E-state index in [1.54, 1.807) is 45.0 Å². The van der Waals surface area contributed by atoms with Crippen LogP contribution in [0.2, 0.25) is 0 Å². The van der Waals surface area contributed by atoms with E-state index in [-0.39, 0.29) is 23.9 Å². The van der Waals surface area contributed by atoms with Gasteiger partial charge in [0, 0.05) is 30.9 Å². The zero-order valence-corrected chi connectivity index (χ0v) is 25.5. The number of hydrogen-bond donors (Lipinski definition) is 2. The summed E-state index contributed by atoms with van der Waals surface area (Å²) in [6.45, 7) is 6.08. The minimum absolute atomic E-state index is 0.0670. The molecule has 0 aromatic heterocycles. The van der Waals surface area contributed by atoms with Gasteiger partial charge in [0.1, 0.15) is 17.4 Å². The Kier molecular flexibility index (Phi) is 10.7. The summed E-state index contributed by atoms with van der Waals surface area (Å²) in [5.41, 5.74) is 1.34. The fourth-order valence-electron chi connectivity index (χ4n) is 4.87. The average molecular weight is 619 g/mol. The first-order valence-electron chi connectivity index (χ1n) is 14.7. The molecule has 1 aliphatic rings. The molecule has 238 valence electrons. The number of nitro groups is 1. The summed E-state index contributed by atoms with van der Waals surface area (Å²) < 4.78 is 10.9. The Morgan fingerprint density at radius 1 is 1.04 bits per heavy atom. The molecule has 4 rings (SSSR count). The third-order valence-electron chi connectivity index (χ3n) is 7.16. The van der Waals surface area contributed by atoms with E-state index in [9.17, 15) is 29.6 Å². The maximum atomic E-state index is 13.1. The standard InChI is InChI=1S/C33H38N4O8/c1-33(2,3)45-31(40)35(22-29(38)24-8-5-4-6-9-24)21-19-23-11-13-25(14-12-23)34-30(39)28-10-7-20-36(28)32(41)44-27-17-15-26(16-18-27)37(42)43/h4-6,8-9,11-18,28-29,38H,7,10,19-22H2,1-3H3,(H,34,39)/t28-,29-/m0/s1. The number of nitrogens with one attached hydrogen (secondary N) is 1. The van der Waals surface area contributed by atoms with Crippen LogP contribution in [0.3, 0.4) is 0 Å². The molecule has 0 spiro atoms. The molecule has 1 fully saturated rings. The van der Waals surface area contributed by atoms with Gasteiger partial charge in [0.05, 0.1) is 17.6 Å². The van der Waals surface area contributed by atoms with Crippen LogP contribution >= 0.6 is 0 Å². The van der Waals surface area contributed by atoms with E-state index in [0.717, 1.165) is 5.56 Å². The van der Waals surface area contributed by atoms with Gasteiger partial charge in [0.25, 0.3) is 5.69 Å². The van der Waals surface area contributed by atoms with Crippen molar-refractivity contribution in [2.45, 2.75) is 57.8 Å². The first-order chi connectivity index (χ1) is 21.4. The molecule has 2 N–H and O–H groups in total. The number of likely N-dealkylation sites (tertiary alicyclic amines) is 1.